The first kappa shape index (κ1) is 14.6. The zero-order chi connectivity index (χ0) is 14.0. The average Bonchev–Trinajstić information content (AvgIpc) is 2.36. The molecule has 5 heteroatoms. The number of halogens is 4. The molecule has 2 N–H and O–H groups in total. The summed E-state index contributed by atoms with van der Waals surface area (Å²) in [5.74, 6) is -0.722. The minimum Gasteiger partial charge on any atom is -0.324 e. The molecule has 0 aliphatic carbocycles. The van der Waals surface area contributed by atoms with E-state index in [4.69, 9.17) is 5.73 Å². The molecule has 0 fully saturated rings. The zero-order valence-electron chi connectivity index (χ0n) is 9.84. The van der Waals surface area contributed by atoms with Crippen molar-refractivity contribution in [3.8, 4) is 0 Å². The lowest BCUT2D eigenvalue weighted by Gasteiger charge is -2.14. The van der Waals surface area contributed by atoms with E-state index >= 15 is 0 Å². The summed E-state index contributed by atoms with van der Waals surface area (Å²) in [6.45, 7) is 0. The van der Waals surface area contributed by atoms with E-state index in [0.717, 1.165) is 8.95 Å². The topological polar surface area (TPSA) is 26.0 Å². The first-order valence-corrected chi connectivity index (χ1v) is 7.20. The fraction of sp³-hybridized carbons (Fsp3) is 0.143. The highest BCUT2D eigenvalue weighted by atomic mass is 79.9. The minimum atomic E-state index is -0.596. The number of rotatable bonds is 3. The summed E-state index contributed by atoms with van der Waals surface area (Å²) < 4.78 is 28.9. The number of hydrogen-bond donors (Lipinski definition) is 1. The van der Waals surface area contributed by atoms with Crippen molar-refractivity contribution in [3.05, 3.63) is 68.1 Å². The van der Waals surface area contributed by atoms with Crippen LogP contribution in [-0.4, -0.2) is 0 Å². The predicted molar refractivity (Wildman–Crippen MR) is 78.8 cm³/mol. The molecule has 19 heavy (non-hydrogen) atoms. The van der Waals surface area contributed by atoms with Crippen LogP contribution in [0.3, 0.4) is 0 Å². The lowest BCUT2D eigenvalue weighted by atomic mass is 9.99. The van der Waals surface area contributed by atoms with Gasteiger partial charge in [-0.2, -0.15) is 0 Å². The summed E-state index contributed by atoms with van der Waals surface area (Å²) in [7, 11) is 0. The van der Waals surface area contributed by atoms with Gasteiger partial charge in [0, 0.05) is 20.6 Å². The highest BCUT2D eigenvalue weighted by Crippen LogP contribution is 2.25. The Morgan fingerprint density at radius 2 is 1.53 bits per heavy atom. The van der Waals surface area contributed by atoms with Crippen LogP contribution in [-0.2, 0) is 6.42 Å². The highest BCUT2D eigenvalue weighted by molar-refractivity contribution is 9.10. The van der Waals surface area contributed by atoms with E-state index in [9.17, 15) is 8.78 Å². The molecule has 0 aliphatic rings. The van der Waals surface area contributed by atoms with Crippen LogP contribution >= 0.6 is 31.9 Å². The second-order valence-corrected chi connectivity index (χ2v) is 6.04. The molecule has 1 unspecified atom stereocenters. The van der Waals surface area contributed by atoms with Gasteiger partial charge in [0.25, 0.3) is 0 Å². The van der Waals surface area contributed by atoms with Crippen molar-refractivity contribution in [2.24, 2.45) is 5.73 Å². The van der Waals surface area contributed by atoms with Crippen LogP contribution in [0.4, 0.5) is 8.78 Å². The quantitative estimate of drug-likeness (QED) is 0.805. The largest absolute Gasteiger partial charge is 0.324 e. The van der Waals surface area contributed by atoms with Gasteiger partial charge in [0.2, 0.25) is 0 Å². The molecule has 0 aromatic heterocycles. The van der Waals surface area contributed by atoms with Crippen molar-refractivity contribution in [2.45, 2.75) is 12.5 Å². The normalized spacial score (nSPS) is 12.5. The van der Waals surface area contributed by atoms with Gasteiger partial charge in [-0.3, -0.25) is 0 Å². The van der Waals surface area contributed by atoms with E-state index < -0.39 is 6.04 Å². The average molecular weight is 391 g/mol. The third-order valence-corrected chi connectivity index (χ3v) is 3.79. The molecule has 2 aromatic carbocycles. The molecule has 0 saturated heterocycles. The lowest BCUT2D eigenvalue weighted by molar-refractivity contribution is 0.563. The third kappa shape index (κ3) is 3.61. The smallest absolute Gasteiger partial charge is 0.128 e. The summed E-state index contributed by atoms with van der Waals surface area (Å²) in [5, 5.41) is 0. The molecule has 0 radical (unpaired) electrons. The van der Waals surface area contributed by atoms with Crippen LogP contribution < -0.4 is 5.73 Å². The van der Waals surface area contributed by atoms with Crippen LogP contribution in [0.15, 0.2) is 45.3 Å². The van der Waals surface area contributed by atoms with Crippen LogP contribution in [0.25, 0.3) is 0 Å². The van der Waals surface area contributed by atoms with E-state index in [1.165, 1.54) is 12.1 Å². The summed E-state index contributed by atoms with van der Waals surface area (Å²) in [5.41, 5.74) is 6.80. The molecular weight excluding hydrogens is 380 g/mol. The molecule has 0 heterocycles. The van der Waals surface area contributed by atoms with Crippen LogP contribution in [0.1, 0.15) is 17.2 Å². The summed E-state index contributed by atoms with van der Waals surface area (Å²) in [4.78, 5) is 0. The Balaban J connectivity index is 2.27. The van der Waals surface area contributed by atoms with Gasteiger partial charge in [0.1, 0.15) is 11.6 Å². The summed E-state index contributed by atoms with van der Waals surface area (Å²) >= 11 is 6.55. The number of benzene rings is 2. The SMILES string of the molecule is NC(Cc1cc(Br)ccc1F)c1cc(Br)ccc1F. The molecule has 0 spiro atoms. The Bertz CT molecular complexity index is 602. The van der Waals surface area contributed by atoms with Gasteiger partial charge >= 0.3 is 0 Å². The Morgan fingerprint density at radius 1 is 0.947 bits per heavy atom. The van der Waals surface area contributed by atoms with Gasteiger partial charge in [-0.25, -0.2) is 8.78 Å². The number of hydrogen-bond acceptors (Lipinski definition) is 1. The van der Waals surface area contributed by atoms with Gasteiger partial charge in [-0.05, 0) is 48.4 Å². The standard InChI is InChI=1S/C14H11Br2F2N/c15-9-1-3-12(17)8(5-9)6-14(19)11-7-10(16)2-4-13(11)18/h1-5,7,14H,6,19H2. The Morgan fingerprint density at radius 3 is 2.21 bits per heavy atom. The maximum absolute atomic E-state index is 13.7. The molecule has 100 valence electrons. The molecule has 2 rings (SSSR count). The van der Waals surface area contributed by atoms with Gasteiger partial charge in [0.05, 0.1) is 0 Å². The first-order chi connectivity index (χ1) is 8.97. The van der Waals surface area contributed by atoms with E-state index in [1.54, 1.807) is 24.3 Å². The molecule has 0 aliphatic heterocycles. The van der Waals surface area contributed by atoms with Gasteiger partial charge in [0.15, 0.2) is 0 Å². The zero-order valence-corrected chi connectivity index (χ0v) is 13.0. The van der Waals surface area contributed by atoms with Crippen LogP contribution in [0, 0.1) is 11.6 Å². The first-order valence-electron chi connectivity index (χ1n) is 5.62. The Hall–Kier alpha value is -0.780. The molecule has 0 saturated carbocycles. The molecule has 0 amide bonds. The van der Waals surface area contributed by atoms with Gasteiger partial charge in [-0.15, -0.1) is 0 Å². The van der Waals surface area contributed by atoms with E-state index in [2.05, 4.69) is 31.9 Å². The fourth-order valence-corrected chi connectivity index (χ4v) is 2.63. The molecule has 0 bridgehead atoms. The van der Waals surface area contributed by atoms with Gasteiger partial charge < -0.3 is 5.73 Å². The summed E-state index contributed by atoms with van der Waals surface area (Å²) in [6, 6.07) is 8.61. The van der Waals surface area contributed by atoms with E-state index in [-0.39, 0.29) is 18.1 Å². The van der Waals surface area contributed by atoms with Gasteiger partial charge in [-0.1, -0.05) is 31.9 Å². The number of nitrogens with two attached hydrogens (primary N) is 1. The second-order valence-electron chi connectivity index (χ2n) is 4.21. The van der Waals surface area contributed by atoms with Crippen molar-refractivity contribution in [1.29, 1.82) is 0 Å². The van der Waals surface area contributed by atoms with Crippen LogP contribution in [0.2, 0.25) is 0 Å². The Kier molecular flexibility index (Phi) is 4.71. The second kappa shape index (κ2) is 6.11. The van der Waals surface area contributed by atoms with Crippen molar-refractivity contribution in [1.82, 2.24) is 0 Å². The third-order valence-electron chi connectivity index (χ3n) is 2.81. The van der Waals surface area contributed by atoms with Crippen molar-refractivity contribution < 1.29 is 8.78 Å². The maximum atomic E-state index is 13.7. The van der Waals surface area contributed by atoms with Crippen molar-refractivity contribution in [3.63, 3.8) is 0 Å². The summed E-state index contributed by atoms with van der Waals surface area (Å²) in [6.07, 6.45) is 0.235. The Labute approximate surface area is 127 Å². The minimum absolute atomic E-state index is 0.235. The fourth-order valence-electron chi connectivity index (χ4n) is 1.85. The molecule has 1 atom stereocenters. The van der Waals surface area contributed by atoms with Crippen molar-refractivity contribution >= 4 is 31.9 Å². The molecule has 1 nitrogen and oxygen atoms in total. The molecular formula is C14H11Br2F2N. The van der Waals surface area contributed by atoms with E-state index in [0.29, 0.717) is 11.1 Å². The monoisotopic (exact) mass is 389 g/mol. The van der Waals surface area contributed by atoms with Crippen molar-refractivity contribution in [2.75, 3.05) is 0 Å². The van der Waals surface area contributed by atoms with E-state index in [1.807, 2.05) is 0 Å². The van der Waals surface area contributed by atoms with Crippen LogP contribution in [0.5, 0.6) is 0 Å². The maximum Gasteiger partial charge on any atom is 0.128 e. The molecule has 2 aromatic rings. The predicted octanol–water partition coefficient (Wildman–Crippen LogP) is 4.73. The highest BCUT2D eigenvalue weighted by Gasteiger charge is 2.15. The lowest BCUT2D eigenvalue weighted by Crippen LogP contribution is -2.15.